The van der Waals surface area contributed by atoms with E-state index in [1.165, 1.54) is 14.1 Å². The van der Waals surface area contributed by atoms with Crippen LogP contribution in [0.4, 0.5) is 0 Å². The lowest BCUT2D eigenvalue weighted by molar-refractivity contribution is 0.263. The van der Waals surface area contributed by atoms with Crippen molar-refractivity contribution in [1.29, 1.82) is 0 Å². The lowest BCUT2D eigenvalue weighted by atomic mass is 10.1. The molecule has 20 heavy (non-hydrogen) atoms. The Morgan fingerprint density at radius 1 is 1.35 bits per heavy atom. The molecule has 1 aromatic heterocycles. The third-order valence-corrected chi connectivity index (χ3v) is 4.35. The first kappa shape index (κ1) is 16.6. The molecule has 0 aromatic carbocycles. The largest absolute Gasteiger partial charge is 0.396 e. The summed E-state index contributed by atoms with van der Waals surface area (Å²) in [4.78, 5) is 22.9. The molecule has 0 saturated heterocycles. The first-order valence-corrected chi connectivity index (χ1v) is 7.56. The molecule has 1 heterocycles. The maximum atomic E-state index is 12.1. The number of nitrogens with one attached hydrogen (secondary N) is 1. The minimum absolute atomic E-state index is 0.0372. The van der Waals surface area contributed by atoms with Crippen LogP contribution in [0.25, 0.3) is 0 Å². The van der Waals surface area contributed by atoms with Crippen LogP contribution in [0.2, 0.25) is 0 Å². The van der Waals surface area contributed by atoms with Crippen molar-refractivity contribution < 1.29 is 13.5 Å². The van der Waals surface area contributed by atoms with Crippen molar-refractivity contribution in [2.75, 3.05) is 13.2 Å². The Kier molecular flexibility index (Phi) is 5.26. The third-order valence-electron chi connectivity index (χ3n) is 2.95. The van der Waals surface area contributed by atoms with E-state index in [1.807, 2.05) is 0 Å². The van der Waals surface area contributed by atoms with Gasteiger partial charge in [-0.2, -0.15) is 0 Å². The second-order valence-electron chi connectivity index (χ2n) is 4.72. The number of aliphatic hydroxyl groups excluding tert-OH is 1. The Morgan fingerprint density at radius 2 is 1.95 bits per heavy atom. The van der Waals surface area contributed by atoms with E-state index < -0.39 is 26.2 Å². The number of hydrogen-bond donors (Lipinski definition) is 2. The molecule has 0 aliphatic heterocycles. The number of aryl methyl sites for hydroxylation is 1. The summed E-state index contributed by atoms with van der Waals surface area (Å²) in [5, 5.41) is 8.76. The van der Waals surface area contributed by atoms with Gasteiger partial charge in [0.05, 0.1) is 0 Å². The van der Waals surface area contributed by atoms with Crippen LogP contribution >= 0.6 is 0 Å². The zero-order chi connectivity index (χ0) is 15.5. The molecular formula is C11H19N3O5S. The van der Waals surface area contributed by atoms with Gasteiger partial charge in [0.2, 0.25) is 10.0 Å². The molecule has 9 heteroatoms. The normalized spacial score (nSPS) is 13.4. The van der Waals surface area contributed by atoms with Crippen LogP contribution in [-0.4, -0.2) is 35.8 Å². The van der Waals surface area contributed by atoms with E-state index in [2.05, 4.69) is 4.72 Å². The Bertz CT molecular complexity index is 689. The average Bonchev–Trinajstić information content (AvgIpc) is 2.38. The molecule has 0 spiro atoms. The number of rotatable bonds is 6. The first-order chi connectivity index (χ1) is 9.20. The molecule has 2 N–H and O–H groups in total. The van der Waals surface area contributed by atoms with E-state index in [9.17, 15) is 18.0 Å². The van der Waals surface area contributed by atoms with Crippen molar-refractivity contribution in [1.82, 2.24) is 13.9 Å². The summed E-state index contributed by atoms with van der Waals surface area (Å²) in [5.41, 5.74) is -1.46. The quantitative estimate of drug-likeness (QED) is 0.656. The molecule has 0 aliphatic carbocycles. The topological polar surface area (TPSA) is 110 Å². The zero-order valence-corrected chi connectivity index (χ0v) is 12.5. The number of sulfonamides is 1. The summed E-state index contributed by atoms with van der Waals surface area (Å²) in [6, 6.07) is 0. The zero-order valence-electron chi connectivity index (χ0n) is 11.7. The lowest BCUT2D eigenvalue weighted by Gasteiger charge is -2.12. The fourth-order valence-electron chi connectivity index (χ4n) is 1.61. The van der Waals surface area contributed by atoms with E-state index in [-0.39, 0.29) is 19.1 Å². The van der Waals surface area contributed by atoms with Crippen LogP contribution in [0.5, 0.6) is 0 Å². The standard InChI is InChI=1S/C11H19N3O5S/c1-8(4-5-15)6-12-20(18,19)9-7-13(2)11(17)14(3)10(9)16/h7-8,12,15H,4-6H2,1-3H3. The second-order valence-corrected chi connectivity index (χ2v) is 6.46. The van der Waals surface area contributed by atoms with Crippen molar-refractivity contribution in [3.63, 3.8) is 0 Å². The second kappa shape index (κ2) is 6.33. The van der Waals surface area contributed by atoms with Gasteiger partial charge in [0, 0.05) is 33.4 Å². The summed E-state index contributed by atoms with van der Waals surface area (Å²) < 4.78 is 28.2. The fraction of sp³-hybridized carbons (Fsp3) is 0.636. The first-order valence-electron chi connectivity index (χ1n) is 6.08. The molecule has 1 aromatic rings. The maximum absolute atomic E-state index is 12.1. The summed E-state index contributed by atoms with van der Waals surface area (Å²) in [5.74, 6) is -0.0637. The fourth-order valence-corrected chi connectivity index (χ4v) is 2.93. The summed E-state index contributed by atoms with van der Waals surface area (Å²) in [6.07, 6.45) is 1.46. The van der Waals surface area contributed by atoms with Crippen molar-refractivity contribution in [3.8, 4) is 0 Å². The van der Waals surface area contributed by atoms with Crippen LogP contribution in [-0.2, 0) is 24.1 Å². The van der Waals surface area contributed by atoms with Gasteiger partial charge in [0.1, 0.15) is 0 Å². The van der Waals surface area contributed by atoms with Gasteiger partial charge in [-0.15, -0.1) is 0 Å². The number of aliphatic hydroxyl groups is 1. The van der Waals surface area contributed by atoms with Crippen LogP contribution in [0.3, 0.4) is 0 Å². The summed E-state index contributed by atoms with van der Waals surface area (Å²) in [7, 11) is -1.40. The average molecular weight is 305 g/mol. The van der Waals surface area contributed by atoms with Crippen LogP contribution < -0.4 is 16.0 Å². The Labute approximate surface area is 116 Å². The monoisotopic (exact) mass is 305 g/mol. The van der Waals surface area contributed by atoms with Crippen molar-refractivity contribution in [2.45, 2.75) is 18.2 Å². The highest BCUT2D eigenvalue weighted by Crippen LogP contribution is 2.03. The van der Waals surface area contributed by atoms with Gasteiger partial charge in [-0.25, -0.2) is 17.9 Å². The molecule has 0 bridgehead atoms. The van der Waals surface area contributed by atoms with E-state index in [4.69, 9.17) is 5.11 Å². The molecule has 0 radical (unpaired) electrons. The molecule has 0 aliphatic rings. The van der Waals surface area contributed by atoms with Gasteiger partial charge in [0.25, 0.3) is 5.56 Å². The predicted molar refractivity (Wildman–Crippen MR) is 73.0 cm³/mol. The van der Waals surface area contributed by atoms with Gasteiger partial charge in [-0.1, -0.05) is 6.92 Å². The summed E-state index contributed by atoms with van der Waals surface area (Å²) >= 11 is 0. The molecule has 0 fully saturated rings. The Hall–Kier alpha value is -1.45. The smallest absolute Gasteiger partial charge is 0.330 e. The van der Waals surface area contributed by atoms with Crippen molar-refractivity contribution in [2.24, 2.45) is 20.0 Å². The molecular weight excluding hydrogens is 286 g/mol. The van der Waals surface area contributed by atoms with Gasteiger partial charge in [0.15, 0.2) is 4.90 Å². The Morgan fingerprint density at radius 3 is 2.50 bits per heavy atom. The number of aromatic nitrogens is 2. The van der Waals surface area contributed by atoms with Crippen LogP contribution in [0.1, 0.15) is 13.3 Å². The summed E-state index contributed by atoms with van der Waals surface area (Å²) in [6.45, 7) is 1.84. The molecule has 8 nitrogen and oxygen atoms in total. The lowest BCUT2D eigenvalue weighted by Crippen LogP contribution is -2.42. The minimum Gasteiger partial charge on any atom is -0.396 e. The van der Waals surface area contributed by atoms with Gasteiger partial charge >= 0.3 is 5.69 Å². The van der Waals surface area contributed by atoms with E-state index in [0.717, 1.165) is 15.3 Å². The number of hydrogen-bond acceptors (Lipinski definition) is 5. The van der Waals surface area contributed by atoms with Gasteiger partial charge in [-0.05, 0) is 12.3 Å². The van der Waals surface area contributed by atoms with Crippen molar-refractivity contribution >= 4 is 10.0 Å². The highest BCUT2D eigenvalue weighted by molar-refractivity contribution is 7.89. The van der Waals surface area contributed by atoms with Crippen molar-refractivity contribution in [3.05, 3.63) is 27.0 Å². The predicted octanol–water partition coefficient (Wildman–Crippen LogP) is -1.62. The minimum atomic E-state index is -3.99. The molecule has 1 atom stereocenters. The van der Waals surface area contributed by atoms with Crippen LogP contribution in [0.15, 0.2) is 20.7 Å². The molecule has 114 valence electrons. The highest BCUT2D eigenvalue weighted by Gasteiger charge is 2.21. The Balaban J connectivity index is 3.12. The van der Waals surface area contributed by atoms with Crippen LogP contribution in [0, 0.1) is 5.92 Å². The molecule has 1 unspecified atom stereocenters. The van der Waals surface area contributed by atoms with E-state index >= 15 is 0 Å². The number of nitrogens with zero attached hydrogens (tertiary/aromatic N) is 2. The highest BCUT2D eigenvalue weighted by atomic mass is 32.2. The van der Waals surface area contributed by atoms with E-state index in [0.29, 0.717) is 6.42 Å². The van der Waals surface area contributed by atoms with E-state index in [1.54, 1.807) is 6.92 Å². The molecule has 1 rings (SSSR count). The third kappa shape index (κ3) is 3.56. The van der Waals surface area contributed by atoms with Gasteiger partial charge in [-0.3, -0.25) is 9.36 Å². The molecule has 0 amide bonds. The van der Waals surface area contributed by atoms with Gasteiger partial charge < -0.3 is 9.67 Å². The molecule has 0 saturated carbocycles. The SMILES string of the molecule is CC(CCO)CNS(=O)(=O)c1cn(C)c(=O)n(C)c1=O. The maximum Gasteiger partial charge on any atom is 0.330 e.